The zero-order chi connectivity index (χ0) is 28.3. The molecule has 0 saturated heterocycles. The number of hydrogen-bond donors (Lipinski definition) is 2. The minimum atomic E-state index is -0.421. The summed E-state index contributed by atoms with van der Waals surface area (Å²) in [5.74, 6) is 0.352. The van der Waals surface area contributed by atoms with E-state index in [1.807, 2.05) is 59.8 Å². The number of fused-ring (bicyclic) bond motifs is 1. The molecule has 2 aromatic heterocycles. The highest BCUT2D eigenvalue weighted by atomic mass is 16.6. The van der Waals surface area contributed by atoms with Gasteiger partial charge < -0.3 is 29.7 Å². The number of carbonyl (C=O) groups is 1. The van der Waals surface area contributed by atoms with Crippen molar-refractivity contribution in [3.05, 3.63) is 64.5 Å². The minimum absolute atomic E-state index is 0.0772. The Balaban J connectivity index is 1.77. The van der Waals surface area contributed by atoms with Gasteiger partial charge in [0.1, 0.15) is 17.1 Å². The fourth-order valence-corrected chi connectivity index (χ4v) is 4.46. The van der Waals surface area contributed by atoms with Crippen LogP contribution in [0.15, 0.2) is 48.7 Å². The molecule has 0 saturated carbocycles. The number of rotatable bonds is 10. The first kappa shape index (κ1) is 27.3. The van der Waals surface area contributed by atoms with Crippen LogP contribution in [0.25, 0.3) is 22.2 Å². The molecule has 2 aromatic carbocycles. The van der Waals surface area contributed by atoms with Gasteiger partial charge in [-0.15, -0.1) is 0 Å². The third kappa shape index (κ3) is 5.46. The highest BCUT2D eigenvalue weighted by Crippen LogP contribution is 2.39. The molecule has 4 aromatic rings. The maximum absolute atomic E-state index is 12.9. The van der Waals surface area contributed by atoms with Crippen LogP contribution in [0.3, 0.4) is 0 Å². The van der Waals surface area contributed by atoms with Crippen molar-refractivity contribution in [1.29, 1.82) is 0 Å². The lowest BCUT2D eigenvalue weighted by molar-refractivity contribution is -0.384. The van der Waals surface area contributed by atoms with E-state index in [-0.39, 0.29) is 17.5 Å². The SMILES string of the molecule is CNC(=O)c1c(-c2ccnc(Nc3cc([N+](=O)[O-])c(N(C)CCN(C)C)cc3OC)n2)c2ccccc2n1C. The molecule has 0 aliphatic heterocycles. The molecule has 2 heterocycles. The highest BCUT2D eigenvalue weighted by molar-refractivity contribution is 6.09. The van der Waals surface area contributed by atoms with Gasteiger partial charge in [-0.25, -0.2) is 9.97 Å². The van der Waals surface area contributed by atoms with Gasteiger partial charge in [0.05, 0.1) is 23.4 Å². The summed E-state index contributed by atoms with van der Waals surface area (Å²) in [7, 11) is 10.6. The third-order valence-corrected chi connectivity index (χ3v) is 6.49. The molecule has 0 aliphatic rings. The van der Waals surface area contributed by atoms with E-state index in [0.29, 0.717) is 40.6 Å². The molecule has 0 spiro atoms. The fraction of sp³-hybridized carbons (Fsp3) is 0.296. The Hall–Kier alpha value is -4.71. The molecule has 2 N–H and O–H groups in total. The van der Waals surface area contributed by atoms with Crippen molar-refractivity contribution in [2.75, 3.05) is 58.6 Å². The molecule has 204 valence electrons. The molecule has 1 amide bonds. The van der Waals surface area contributed by atoms with Crippen LogP contribution in [0.4, 0.5) is 23.0 Å². The Morgan fingerprint density at radius 1 is 1.15 bits per heavy atom. The first-order valence-corrected chi connectivity index (χ1v) is 12.3. The standard InChI is InChI=1S/C27H32N8O4/c1-28-26(36)25-24(17-9-7-8-10-20(17)34(25)5)18-11-12-29-27(30-18)31-19-15-22(35(37)38)21(16-23(19)39-6)33(4)14-13-32(2)3/h7-12,15-16H,13-14H2,1-6H3,(H,28,36)(H,29,30,31). The summed E-state index contributed by atoms with van der Waals surface area (Å²) in [6, 6.07) is 12.5. The third-order valence-electron chi connectivity index (χ3n) is 6.49. The molecule has 12 heteroatoms. The number of nitrogens with one attached hydrogen (secondary N) is 2. The van der Waals surface area contributed by atoms with Crippen molar-refractivity contribution in [2.45, 2.75) is 0 Å². The number of nitro benzene ring substituents is 1. The van der Waals surface area contributed by atoms with Gasteiger partial charge in [0, 0.05) is 69.0 Å². The van der Waals surface area contributed by atoms with Crippen molar-refractivity contribution >= 4 is 39.8 Å². The van der Waals surface area contributed by atoms with Gasteiger partial charge in [0.2, 0.25) is 5.95 Å². The maximum Gasteiger partial charge on any atom is 0.294 e. The molecular weight excluding hydrogens is 500 g/mol. The number of carbonyl (C=O) groups excluding carboxylic acids is 1. The van der Waals surface area contributed by atoms with E-state index in [2.05, 4.69) is 20.6 Å². The molecule has 12 nitrogen and oxygen atoms in total. The minimum Gasteiger partial charge on any atom is -0.494 e. The number of likely N-dealkylation sites (N-methyl/N-ethyl adjacent to an activating group) is 2. The maximum atomic E-state index is 12.9. The van der Waals surface area contributed by atoms with Crippen molar-refractivity contribution in [3.8, 4) is 17.0 Å². The molecule has 0 atom stereocenters. The second-order valence-corrected chi connectivity index (χ2v) is 9.29. The topological polar surface area (TPSA) is 131 Å². The van der Waals surface area contributed by atoms with Crippen LogP contribution in [0.1, 0.15) is 10.5 Å². The molecule has 39 heavy (non-hydrogen) atoms. The molecule has 0 aliphatic carbocycles. The Bertz CT molecular complexity index is 1530. The summed E-state index contributed by atoms with van der Waals surface area (Å²) in [6.45, 7) is 1.32. The number of benzene rings is 2. The van der Waals surface area contributed by atoms with Crippen LogP contribution >= 0.6 is 0 Å². The Labute approximate surface area is 226 Å². The van der Waals surface area contributed by atoms with Crippen LogP contribution in [0.5, 0.6) is 5.75 Å². The van der Waals surface area contributed by atoms with E-state index in [4.69, 9.17) is 4.74 Å². The Morgan fingerprint density at radius 3 is 2.56 bits per heavy atom. The summed E-state index contributed by atoms with van der Waals surface area (Å²) < 4.78 is 7.41. The second kappa shape index (κ2) is 11.4. The normalized spacial score (nSPS) is 11.1. The van der Waals surface area contributed by atoms with Gasteiger partial charge in [-0.05, 0) is 26.2 Å². The summed E-state index contributed by atoms with van der Waals surface area (Å²) in [4.78, 5) is 37.3. The van der Waals surface area contributed by atoms with Crippen LogP contribution in [-0.2, 0) is 7.05 Å². The zero-order valence-corrected chi connectivity index (χ0v) is 22.8. The van der Waals surface area contributed by atoms with Crippen LogP contribution in [0, 0.1) is 10.1 Å². The van der Waals surface area contributed by atoms with E-state index >= 15 is 0 Å². The lowest BCUT2D eigenvalue weighted by Crippen LogP contribution is -2.28. The van der Waals surface area contributed by atoms with Gasteiger partial charge >= 0.3 is 0 Å². The van der Waals surface area contributed by atoms with Gasteiger partial charge in [0.25, 0.3) is 11.6 Å². The molecule has 0 radical (unpaired) electrons. The average Bonchev–Trinajstić information content (AvgIpc) is 3.23. The van der Waals surface area contributed by atoms with E-state index in [1.54, 1.807) is 32.4 Å². The van der Waals surface area contributed by atoms with E-state index in [1.165, 1.54) is 13.2 Å². The summed E-state index contributed by atoms with van der Waals surface area (Å²) in [5.41, 5.74) is 3.23. The Kier molecular flexibility index (Phi) is 7.96. The number of aryl methyl sites for hydroxylation is 1. The molecular formula is C27H32N8O4. The first-order chi connectivity index (χ1) is 18.7. The number of nitrogens with zero attached hydrogens (tertiary/aromatic N) is 6. The number of methoxy groups -OCH3 is 1. The largest absolute Gasteiger partial charge is 0.494 e. The van der Waals surface area contributed by atoms with E-state index in [0.717, 1.165) is 17.4 Å². The van der Waals surface area contributed by atoms with Crippen molar-refractivity contribution < 1.29 is 14.5 Å². The number of nitro groups is 1. The number of hydrogen-bond acceptors (Lipinski definition) is 9. The van der Waals surface area contributed by atoms with Crippen molar-refractivity contribution in [2.24, 2.45) is 7.05 Å². The molecule has 0 fully saturated rings. The second-order valence-electron chi connectivity index (χ2n) is 9.29. The van der Waals surface area contributed by atoms with E-state index < -0.39 is 4.92 Å². The van der Waals surface area contributed by atoms with Gasteiger partial charge in [-0.2, -0.15) is 0 Å². The number of amides is 1. The smallest absolute Gasteiger partial charge is 0.294 e. The Morgan fingerprint density at radius 2 is 1.90 bits per heavy atom. The van der Waals surface area contributed by atoms with Gasteiger partial charge in [-0.1, -0.05) is 18.2 Å². The van der Waals surface area contributed by atoms with Gasteiger partial charge in [-0.3, -0.25) is 14.9 Å². The summed E-state index contributed by atoms with van der Waals surface area (Å²) in [5, 5.41) is 18.6. The number of ether oxygens (including phenoxy) is 1. The number of para-hydroxylation sites is 1. The lowest BCUT2D eigenvalue weighted by Gasteiger charge is -2.22. The fourth-order valence-electron chi connectivity index (χ4n) is 4.46. The van der Waals surface area contributed by atoms with Crippen molar-refractivity contribution in [3.63, 3.8) is 0 Å². The summed E-state index contributed by atoms with van der Waals surface area (Å²) >= 11 is 0. The number of anilines is 3. The summed E-state index contributed by atoms with van der Waals surface area (Å²) in [6.07, 6.45) is 1.57. The quantitative estimate of drug-likeness (QED) is 0.232. The van der Waals surface area contributed by atoms with Crippen LogP contribution in [0.2, 0.25) is 0 Å². The monoisotopic (exact) mass is 532 g/mol. The zero-order valence-electron chi connectivity index (χ0n) is 22.8. The average molecular weight is 533 g/mol. The lowest BCUT2D eigenvalue weighted by atomic mass is 10.1. The number of aromatic nitrogens is 3. The van der Waals surface area contributed by atoms with Crippen molar-refractivity contribution in [1.82, 2.24) is 24.8 Å². The van der Waals surface area contributed by atoms with E-state index in [9.17, 15) is 14.9 Å². The first-order valence-electron chi connectivity index (χ1n) is 12.3. The predicted octanol–water partition coefficient (Wildman–Crippen LogP) is 3.65. The van der Waals surface area contributed by atoms with Crippen LogP contribution in [-0.4, -0.2) is 78.7 Å². The predicted molar refractivity (Wildman–Crippen MR) is 152 cm³/mol. The molecule has 4 rings (SSSR count). The van der Waals surface area contributed by atoms with Gasteiger partial charge in [0.15, 0.2) is 0 Å². The molecule has 0 unspecified atom stereocenters. The molecule has 0 bridgehead atoms. The highest BCUT2D eigenvalue weighted by Gasteiger charge is 2.24. The van der Waals surface area contributed by atoms with Crippen LogP contribution < -0.4 is 20.3 Å².